The number of rotatable bonds is 3. The van der Waals surface area contributed by atoms with Crippen LogP contribution in [-0.4, -0.2) is 17.0 Å². The number of benzene rings is 1. The Kier molecular flexibility index (Phi) is 3.74. The van der Waals surface area contributed by atoms with Gasteiger partial charge in [0.05, 0.1) is 5.69 Å². The third-order valence-corrected chi connectivity index (χ3v) is 2.83. The predicted octanol–water partition coefficient (Wildman–Crippen LogP) is 3.59. The zero-order valence-corrected chi connectivity index (χ0v) is 11.0. The largest absolute Gasteiger partial charge is 0.373 e. The fourth-order valence-corrected chi connectivity index (χ4v) is 2.06. The van der Waals surface area contributed by atoms with Crippen molar-refractivity contribution in [2.75, 3.05) is 12.4 Å². The molecule has 0 amide bonds. The van der Waals surface area contributed by atoms with Crippen LogP contribution in [-0.2, 0) is 0 Å². The van der Waals surface area contributed by atoms with Crippen LogP contribution in [0.2, 0.25) is 0 Å². The Morgan fingerprint density at radius 2 is 1.68 bits per heavy atom. The Labute approximate surface area is 110 Å². The van der Waals surface area contributed by atoms with Gasteiger partial charge in [0.1, 0.15) is 23.8 Å². The molecule has 1 heterocycles. The summed E-state index contributed by atoms with van der Waals surface area (Å²) in [6, 6.07) is 3.40. The van der Waals surface area contributed by atoms with E-state index in [1.165, 1.54) is 18.5 Å². The summed E-state index contributed by atoms with van der Waals surface area (Å²) < 4.78 is 26.7. The second-order valence-corrected chi connectivity index (χ2v) is 4.55. The molecule has 0 saturated heterocycles. The molecular weight excluding hydrogens is 248 g/mol. The van der Waals surface area contributed by atoms with Gasteiger partial charge in [-0.1, -0.05) is 13.8 Å². The third-order valence-electron chi connectivity index (χ3n) is 2.83. The van der Waals surface area contributed by atoms with E-state index in [1.807, 2.05) is 13.8 Å². The average Bonchev–Trinajstić information content (AvgIpc) is 2.36. The van der Waals surface area contributed by atoms with Crippen LogP contribution in [0.15, 0.2) is 24.5 Å². The zero-order valence-electron chi connectivity index (χ0n) is 11.0. The van der Waals surface area contributed by atoms with E-state index in [9.17, 15) is 8.78 Å². The topological polar surface area (TPSA) is 37.8 Å². The van der Waals surface area contributed by atoms with Crippen molar-refractivity contribution in [3.8, 4) is 11.3 Å². The smallest absolute Gasteiger partial charge is 0.133 e. The van der Waals surface area contributed by atoms with Crippen LogP contribution in [0.4, 0.5) is 14.6 Å². The van der Waals surface area contributed by atoms with Gasteiger partial charge in [-0.2, -0.15) is 0 Å². The molecular formula is C14H15F2N3. The summed E-state index contributed by atoms with van der Waals surface area (Å²) >= 11 is 0. The first-order valence-electron chi connectivity index (χ1n) is 6.02. The summed E-state index contributed by atoms with van der Waals surface area (Å²) in [5.41, 5.74) is 1.81. The molecule has 100 valence electrons. The normalized spacial score (nSPS) is 10.8. The highest BCUT2D eigenvalue weighted by molar-refractivity contribution is 5.69. The fourth-order valence-electron chi connectivity index (χ4n) is 2.06. The van der Waals surface area contributed by atoms with Crippen molar-refractivity contribution in [2.45, 2.75) is 19.8 Å². The summed E-state index contributed by atoms with van der Waals surface area (Å²) in [4.78, 5) is 8.32. The van der Waals surface area contributed by atoms with E-state index in [-0.39, 0.29) is 5.92 Å². The van der Waals surface area contributed by atoms with E-state index < -0.39 is 11.6 Å². The van der Waals surface area contributed by atoms with Crippen molar-refractivity contribution < 1.29 is 8.78 Å². The number of halogens is 2. The van der Waals surface area contributed by atoms with Gasteiger partial charge >= 0.3 is 0 Å². The minimum atomic E-state index is -0.616. The van der Waals surface area contributed by atoms with Gasteiger partial charge in [0.15, 0.2) is 0 Å². The van der Waals surface area contributed by atoms with E-state index in [0.29, 0.717) is 17.1 Å². The van der Waals surface area contributed by atoms with Crippen molar-refractivity contribution in [2.24, 2.45) is 0 Å². The number of nitrogens with one attached hydrogen (secondary N) is 1. The lowest BCUT2D eigenvalue weighted by Gasteiger charge is -2.15. The van der Waals surface area contributed by atoms with Crippen LogP contribution in [0.1, 0.15) is 25.3 Å². The third kappa shape index (κ3) is 2.70. The molecule has 0 unspecified atom stereocenters. The molecule has 0 aliphatic carbocycles. The molecule has 0 spiro atoms. The number of nitrogens with zero attached hydrogens (tertiary/aromatic N) is 2. The highest BCUT2D eigenvalue weighted by Crippen LogP contribution is 2.32. The molecule has 5 heteroatoms. The van der Waals surface area contributed by atoms with Gasteiger partial charge < -0.3 is 5.32 Å². The SMILES string of the molecule is CNc1ncnc(-c2cc(F)cc(F)c2)c1C(C)C. The summed E-state index contributed by atoms with van der Waals surface area (Å²) in [6.07, 6.45) is 1.38. The highest BCUT2D eigenvalue weighted by Gasteiger charge is 2.16. The zero-order chi connectivity index (χ0) is 14.0. The van der Waals surface area contributed by atoms with E-state index in [1.54, 1.807) is 7.05 Å². The van der Waals surface area contributed by atoms with Crippen molar-refractivity contribution in [1.82, 2.24) is 9.97 Å². The van der Waals surface area contributed by atoms with Crippen LogP contribution < -0.4 is 5.32 Å². The Morgan fingerprint density at radius 1 is 1.05 bits per heavy atom. The van der Waals surface area contributed by atoms with E-state index >= 15 is 0 Å². The molecule has 19 heavy (non-hydrogen) atoms. The average molecular weight is 263 g/mol. The maximum absolute atomic E-state index is 13.3. The first-order chi connectivity index (χ1) is 9.02. The van der Waals surface area contributed by atoms with Crippen molar-refractivity contribution in [1.29, 1.82) is 0 Å². The summed E-state index contributed by atoms with van der Waals surface area (Å²) in [5.74, 6) is -0.432. The minimum absolute atomic E-state index is 0.130. The molecule has 0 aliphatic heterocycles. The van der Waals surface area contributed by atoms with Crippen molar-refractivity contribution in [3.63, 3.8) is 0 Å². The van der Waals surface area contributed by atoms with Crippen molar-refractivity contribution >= 4 is 5.82 Å². The van der Waals surface area contributed by atoms with Crippen molar-refractivity contribution in [3.05, 3.63) is 41.7 Å². The minimum Gasteiger partial charge on any atom is -0.373 e. The van der Waals surface area contributed by atoms with Crippen LogP contribution in [0.5, 0.6) is 0 Å². The van der Waals surface area contributed by atoms with Gasteiger partial charge in [-0.15, -0.1) is 0 Å². The Bertz CT molecular complexity index is 577. The lowest BCUT2D eigenvalue weighted by molar-refractivity contribution is 0.584. The van der Waals surface area contributed by atoms with Crippen LogP contribution in [0.3, 0.4) is 0 Å². The van der Waals surface area contributed by atoms with Gasteiger partial charge in [0.2, 0.25) is 0 Å². The number of hydrogen-bond donors (Lipinski definition) is 1. The van der Waals surface area contributed by atoms with Gasteiger partial charge in [-0.05, 0) is 18.1 Å². The highest BCUT2D eigenvalue weighted by atomic mass is 19.1. The summed E-state index contributed by atoms with van der Waals surface area (Å²) in [7, 11) is 1.75. The first kappa shape index (κ1) is 13.4. The quantitative estimate of drug-likeness (QED) is 0.919. The molecule has 0 saturated carbocycles. The number of aromatic nitrogens is 2. The molecule has 0 bridgehead atoms. The molecule has 0 radical (unpaired) electrons. The van der Waals surface area contributed by atoms with Crippen LogP contribution in [0, 0.1) is 11.6 Å². The number of anilines is 1. The molecule has 0 atom stereocenters. The van der Waals surface area contributed by atoms with Gasteiger partial charge in [-0.3, -0.25) is 0 Å². The molecule has 3 nitrogen and oxygen atoms in total. The first-order valence-corrected chi connectivity index (χ1v) is 6.02. The van der Waals surface area contributed by atoms with Crippen LogP contribution in [0.25, 0.3) is 11.3 Å². The van der Waals surface area contributed by atoms with Gasteiger partial charge in [-0.25, -0.2) is 18.7 Å². The molecule has 1 N–H and O–H groups in total. The molecule has 2 rings (SSSR count). The van der Waals surface area contributed by atoms with Crippen LogP contribution >= 0.6 is 0 Å². The molecule has 1 aromatic heterocycles. The van der Waals surface area contributed by atoms with Gasteiger partial charge in [0, 0.05) is 24.2 Å². The lowest BCUT2D eigenvalue weighted by atomic mass is 9.97. The molecule has 2 aromatic rings. The Morgan fingerprint density at radius 3 is 2.21 bits per heavy atom. The molecule has 0 fully saturated rings. The molecule has 0 aliphatic rings. The Hall–Kier alpha value is -2.04. The summed E-state index contributed by atoms with van der Waals surface area (Å²) in [6.45, 7) is 3.97. The Balaban J connectivity index is 2.67. The second-order valence-electron chi connectivity index (χ2n) is 4.55. The molecule has 1 aromatic carbocycles. The van der Waals surface area contributed by atoms with E-state index in [0.717, 1.165) is 11.6 Å². The van der Waals surface area contributed by atoms with E-state index in [2.05, 4.69) is 15.3 Å². The number of hydrogen-bond acceptors (Lipinski definition) is 3. The maximum Gasteiger partial charge on any atom is 0.133 e. The predicted molar refractivity (Wildman–Crippen MR) is 71.0 cm³/mol. The maximum atomic E-state index is 13.3. The standard InChI is InChI=1S/C14H15F2N3/c1-8(2)12-13(18-7-19-14(12)17-3)9-4-10(15)6-11(16)5-9/h4-8H,1-3H3,(H,17,18,19). The van der Waals surface area contributed by atoms with Gasteiger partial charge in [0.25, 0.3) is 0 Å². The monoisotopic (exact) mass is 263 g/mol. The lowest BCUT2D eigenvalue weighted by Crippen LogP contribution is -2.05. The van der Waals surface area contributed by atoms with E-state index in [4.69, 9.17) is 0 Å². The fraction of sp³-hybridized carbons (Fsp3) is 0.286. The second kappa shape index (κ2) is 5.30. The summed E-state index contributed by atoms with van der Waals surface area (Å²) in [5, 5.41) is 2.98.